The van der Waals surface area contributed by atoms with E-state index in [0.717, 1.165) is 15.6 Å². The molecule has 101 valence electrons. The van der Waals surface area contributed by atoms with Crippen molar-refractivity contribution in [2.45, 2.75) is 0 Å². The molecule has 2 rings (SSSR count). The molecule has 19 heavy (non-hydrogen) atoms. The van der Waals surface area contributed by atoms with Gasteiger partial charge in [-0.2, -0.15) is 0 Å². The summed E-state index contributed by atoms with van der Waals surface area (Å²) >= 11 is 0.798. The zero-order valence-electron chi connectivity index (χ0n) is 9.71. The van der Waals surface area contributed by atoms with Crippen molar-refractivity contribution in [3.05, 3.63) is 59.7 Å². The van der Waals surface area contributed by atoms with Gasteiger partial charge in [-0.25, -0.2) is 0 Å². The summed E-state index contributed by atoms with van der Waals surface area (Å²) in [5.74, 6) is 0.808. The van der Waals surface area contributed by atoms with Crippen molar-refractivity contribution in [3.63, 3.8) is 0 Å². The zero-order chi connectivity index (χ0) is 13.5. The summed E-state index contributed by atoms with van der Waals surface area (Å²) in [5, 5.41) is 0. The summed E-state index contributed by atoms with van der Waals surface area (Å²) in [6, 6.07) is 13.6. The number of hydrogen-bond acceptors (Lipinski definition) is 4. The number of rotatable bonds is 6. The van der Waals surface area contributed by atoms with Gasteiger partial charge in [0.1, 0.15) is 0 Å². The molecule has 0 aliphatic rings. The Morgan fingerprint density at radius 2 is 1.16 bits per heavy atom. The van der Waals surface area contributed by atoms with Crippen molar-refractivity contribution < 1.29 is 32.8 Å². The molecule has 0 spiro atoms. The molecule has 0 heterocycles. The van der Waals surface area contributed by atoms with Gasteiger partial charge < -0.3 is 0 Å². The molecule has 0 aliphatic carbocycles. The van der Waals surface area contributed by atoms with E-state index in [4.69, 9.17) is 7.64 Å². The minimum absolute atomic E-state index is 0.404. The molecule has 2 aromatic rings. The van der Waals surface area contributed by atoms with E-state index >= 15 is 0 Å². The number of carbonyl (C=O) groups excluding carboxylic acids is 2. The van der Waals surface area contributed by atoms with Crippen molar-refractivity contribution in [2.75, 3.05) is 0 Å². The van der Waals surface area contributed by atoms with Gasteiger partial charge in [0.05, 0.1) is 0 Å². The molecule has 0 aromatic heterocycles. The summed E-state index contributed by atoms with van der Waals surface area (Å²) in [5.41, 5.74) is 0.860. The van der Waals surface area contributed by atoms with E-state index in [-0.39, 0.29) is 0 Å². The van der Waals surface area contributed by atoms with Crippen LogP contribution in [-0.2, 0) is 15.6 Å². The van der Waals surface area contributed by atoms with Crippen LogP contribution in [0.5, 0.6) is 11.5 Å². The first-order valence-electron chi connectivity index (χ1n) is 5.36. The van der Waals surface area contributed by atoms with Crippen LogP contribution >= 0.6 is 0 Å². The predicted molar refractivity (Wildman–Crippen MR) is 64.9 cm³/mol. The van der Waals surface area contributed by atoms with Gasteiger partial charge in [-0.1, -0.05) is 0 Å². The Labute approximate surface area is 117 Å². The molecule has 0 aliphatic heterocycles. The number of para-hydroxylation sites is 2. The summed E-state index contributed by atoms with van der Waals surface area (Å²) in [4.78, 5) is 21.6. The van der Waals surface area contributed by atoms with E-state index in [1.54, 1.807) is 48.5 Å². The quantitative estimate of drug-likeness (QED) is 0.608. The maximum absolute atomic E-state index is 10.8. The van der Waals surface area contributed by atoms with Crippen LogP contribution in [0.4, 0.5) is 0 Å². The first-order chi connectivity index (χ1) is 9.35. The van der Waals surface area contributed by atoms with Crippen molar-refractivity contribution in [1.29, 1.82) is 0 Å². The van der Waals surface area contributed by atoms with Crippen LogP contribution in [0, 0.1) is 0 Å². The molecule has 0 fully saturated rings. The zero-order valence-corrected chi connectivity index (χ0v) is 10.6. The summed E-state index contributed by atoms with van der Waals surface area (Å²) in [7, 11) is 0. The van der Waals surface area contributed by atoms with E-state index in [1.165, 1.54) is 0 Å². The van der Waals surface area contributed by atoms with Gasteiger partial charge in [0.25, 0.3) is 0 Å². The van der Waals surface area contributed by atoms with Crippen LogP contribution in [0.15, 0.2) is 48.5 Å². The van der Waals surface area contributed by atoms with Crippen LogP contribution in [0.2, 0.25) is 0 Å². The van der Waals surface area contributed by atoms with Crippen LogP contribution < -0.4 is 7.64 Å². The fraction of sp³-hybridized carbons (Fsp3) is 0. The Morgan fingerprint density at radius 1 is 0.737 bits per heavy atom. The fourth-order valence-corrected chi connectivity index (χ4v) is 1.89. The van der Waals surface area contributed by atoms with Crippen LogP contribution in [0.3, 0.4) is 0 Å². The molecule has 2 aromatic carbocycles. The molecule has 0 unspecified atom stereocenters. The number of aldehydes is 2. The van der Waals surface area contributed by atoms with E-state index in [2.05, 4.69) is 0 Å². The van der Waals surface area contributed by atoms with Gasteiger partial charge in [-0.05, 0) is 0 Å². The normalized spacial score (nSPS) is 9.89. The third kappa shape index (κ3) is 3.44. The van der Waals surface area contributed by atoms with Gasteiger partial charge >= 0.3 is 117 Å². The van der Waals surface area contributed by atoms with Crippen LogP contribution in [-0.4, -0.2) is 12.6 Å². The Kier molecular flexibility index (Phi) is 4.72. The van der Waals surface area contributed by atoms with E-state index in [0.29, 0.717) is 35.2 Å². The van der Waals surface area contributed by atoms with Crippen molar-refractivity contribution in [1.82, 2.24) is 0 Å². The molecule has 5 heteroatoms. The third-order valence-electron chi connectivity index (χ3n) is 2.27. The topological polar surface area (TPSA) is 52.6 Å². The molecule has 0 amide bonds. The van der Waals surface area contributed by atoms with Gasteiger partial charge in [-0.3, -0.25) is 0 Å². The minimum atomic E-state index is 0.404. The second-order valence-corrected chi connectivity index (χ2v) is 4.03. The summed E-state index contributed by atoms with van der Waals surface area (Å²) < 4.78 is 10.5. The Balaban J connectivity index is 2.00. The van der Waals surface area contributed by atoms with E-state index in [9.17, 15) is 9.59 Å². The van der Waals surface area contributed by atoms with Crippen molar-refractivity contribution in [2.24, 2.45) is 0 Å². The molecule has 0 atom stereocenters. The van der Waals surface area contributed by atoms with Gasteiger partial charge in [0.15, 0.2) is 0 Å². The average molecular weight is 306 g/mol. The van der Waals surface area contributed by atoms with Gasteiger partial charge in [0, 0.05) is 0 Å². The second-order valence-electron chi connectivity index (χ2n) is 3.48. The molecular weight excluding hydrogens is 296 g/mol. The Hall–Kier alpha value is -2.10. The van der Waals surface area contributed by atoms with E-state index < -0.39 is 0 Å². The maximum atomic E-state index is 10.8. The Morgan fingerprint density at radius 3 is 1.58 bits per heavy atom. The third-order valence-corrected chi connectivity index (χ3v) is 2.85. The molecule has 0 saturated heterocycles. The summed E-state index contributed by atoms with van der Waals surface area (Å²) in [6.45, 7) is 0. The van der Waals surface area contributed by atoms with E-state index in [1.807, 2.05) is 0 Å². The van der Waals surface area contributed by atoms with Crippen molar-refractivity contribution >= 4 is 12.6 Å². The van der Waals surface area contributed by atoms with Gasteiger partial charge in [0.2, 0.25) is 0 Å². The number of carbonyl (C=O) groups is 2. The molecule has 0 bridgehead atoms. The van der Waals surface area contributed by atoms with Gasteiger partial charge in [-0.15, -0.1) is 0 Å². The van der Waals surface area contributed by atoms with Crippen LogP contribution in [0.1, 0.15) is 20.7 Å². The predicted octanol–water partition coefficient (Wildman–Crippen LogP) is 2.68. The molecule has 4 nitrogen and oxygen atoms in total. The Bertz CT molecular complexity index is 532. The average Bonchev–Trinajstić information content (AvgIpc) is 2.48. The van der Waals surface area contributed by atoms with Crippen LogP contribution in [0.25, 0.3) is 0 Å². The first-order valence-corrected chi connectivity index (χ1v) is 6.13. The number of benzene rings is 2. The molecule has 0 saturated carbocycles. The molecule has 0 N–H and O–H groups in total. The molecule has 0 radical (unpaired) electrons. The summed E-state index contributed by atoms with van der Waals surface area (Å²) in [6.07, 6.45) is 1.40. The van der Waals surface area contributed by atoms with Crippen molar-refractivity contribution in [3.8, 4) is 11.5 Å². The first kappa shape index (κ1) is 13.3. The standard InChI is InChI=1S/2C7H6O2.Cu/c2*8-5-6-3-1-2-4-7(6)9;/h2*1-5,9H;/q;;+2/p-2. The monoisotopic (exact) mass is 305 g/mol. The SMILES string of the molecule is O=Cc1ccccc1[O][Cu][O]c1ccccc1C=O. The fourth-order valence-electron chi connectivity index (χ4n) is 1.33. The molecular formula is C14H10CuO4. The number of hydrogen-bond donors (Lipinski definition) is 0. The second kappa shape index (κ2) is 6.73.